The lowest BCUT2D eigenvalue weighted by Gasteiger charge is -2.19. The highest BCUT2D eigenvalue weighted by Crippen LogP contribution is 2.29. The molecule has 1 N–H and O–H groups in total. The van der Waals surface area contributed by atoms with E-state index in [2.05, 4.69) is 24.1 Å². The average Bonchev–Trinajstić information content (AvgIpc) is 2.62. The lowest BCUT2D eigenvalue weighted by Crippen LogP contribution is -2.23. The summed E-state index contributed by atoms with van der Waals surface area (Å²) in [5, 5.41) is 4.45. The van der Waals surface area contributed by atoms with Gasteiger partial charge in [0.05, 0.1) is 5.69 Å². The van der Waals surface area contributed by atoms with Crippen LogP contribution in [0.15, 0.2) is 0 Å². The second-order valence-corrected chi connectivity index (χ2v) is 6.29. The van der Waals surface area contributed by atoms with Crippen LogP contribution in [0.3, 0.4) is 0 Å². The van der Waals surface area contributed by atoms with Crippen LogP contribution in [0.1, 0.15) is 43.2 Å². The van der Waals surface area contributed by atoms with Crippen LogP contribution in [0.2, 0.25) is 0 Å². The molecular weight excluding hydrogens is 242 g/mol. The van der Waals surface area contributed by atoms with E-state index in [9.17, 15) is 0 Å². The molecule has 18 heavy (non-hydrogen) atoms. The van der Waals surface area contributed by atoms with E-state index in [1.165, 1.54) is 54.5 Å². The summed E-state index contributed by atoms with van der Waals surface area (Å²) in [5.41, 5.74) is 1.20. The highest BCUT2D eigenvalue weighted by Gasteiger charge is 2.19. The number of aromatic nitrogens is 1. The smallest absolute Gasteiger partial charge is 0.185 e. The van der Waals surface area contributed by atoms with E-state index < -0.39 is 0 Å². The first-order valence-electron chi connectivity index (χ1n) is 7.10. The van der Waals surface area contributed by atoms with Crippen LogP contribution in [0, 0.1) is 12.8 Å². The molecule has 0 spiro atoms. The zero-order valence-electron chi connectivity index (χ0n) is 11.8. The van der Waals surface area contributed by atoms with Crippen molar-refractivity contribution in [2.24, 2.45) is 5.92 Å². The molecule has 0 amide bonds. The van der Waals surface area contributed by atoms with Crippen molar-refractivity contribution >= 4 is 16.5 Å². The maximum absolute atomic E-state index is 4.75. The summed E-state index contributed by atoms with van der Waals surface area (Å²) in [7, 11) is 2.00. The summed E-state index contributed by atoms with van der Waals surface area (Å²) in [6.07, 6.45) is 5.37. The van der Waals surface area contributed by atoms with Crippen molar-refractivity contribution in [3.8, 4) is 0 Å². The minimum absolute atomic E-state index is 0.924. The second kappa shape index (κ2) is 6.53. The Morgan fingerprint density at radius 2 is 2.22 bits per heavy atom. The fraction of sp³-hybridized carbons (Fsp3) is 0.786. The number of thiazole rings is 1. The van der Waals surface area contributed by atoms with Crippen molar-refractivity contribution < 1.29 is 0 Å². The average molecular weight is 267 g/mol. The topological polar surface area (TPSA) is 28.2 Å². The Kier molecular flexibility index (Phi) is 5.01. The molecule has 3 nitrogen and oxygen atoms in total. The summed E-state index contributed by atoms with van der Waals surface area (Å²) in [6.45, 7) is 7.75. The van der Waals surface area contributed by atoms with Gasteiger partial charge in [0.2, 0.25) is 0 Å². The molecule has 0 aliphatic carbocycles. The van der Waals surface area contributed by atoms with E-state index in [1.807, 2.05) is 18.4 Å². The van der Waals surface area contributed by atoms with Crippen LogP contribution in [-0.2, 0) is 6.54 Å². The number of nitrogens with one attached hydrogen (secondary N) is 1. The van der Waals surface area contributed by atoms with E-state index in [1.54, 1.807) is 0 Å². The van der Waals surface area contributed by atoms with Gasteiger partial charge in [0, 0.05) is 24.5 Å². The molecule has 0 saturated carbocycles. The van der Waals surface area contributed by atoms with Gasteiger partial charge in [-0.15, -0.1) is 11.3 Å². The molecule has 1 aromatic heterocycles. The minimum Gasteiger partial charge on any atom is -0.348 e. The van der Waals surface area contributed by atoms with Gasteiger partial charge >= 0.3 is 0 Å². The summed E-state index contributed by atoms with van der Waals surface area (Å²) >= 11 is 1.86. The highest BCUT2D eigenvalue weighted by molar-refractivity contribution is 7.15. The van der Waals surface area contributed by atoms with Crippen molar-refractivity contribution in [1.29, 1.82) is 0 Å². The number of anilines is 1. The molecule has 1 unspecified atom stereocenters. The molecule has 1 aromatic rings. The van der Waals surface area contributed by atoms with Crippen LogP contribution in [0.25, 0.3) is 0 Å². The summed E-state index contributed by atoms with van der Waals surface area (Å²) < 4.78 is 0. The van der Waals surface area contributed by atoms with Gasteiger partial charge in [0.25, 0.3) is 0 Å². The SMILES string of the molecule is CCC1CCCN(c2nc(C)c(CNC)s2)CC1. The predicted octanol–water partition coefficient (Wildman–Crippen LogP) is 3.19. The lowest BCUT2D eigenvalue weighted by molar-refractivity contribution is 0.459. The van der Waals surface area contributed by atoms with Crippen LogP contribution >= 0.6 is 11.3 Å². The number of rotatable bonds is 4. The van der Waals surface area contributed by atoms with Gasteiger partial charge < -0.3 is 10.2 Å². The van der Waals surface area contributed by atoms with Gasteiger partial charge in [-0.3, -0.25) is 0 Å². The summed E-state index contributed by atoms with van der Waals surface area (Å²) in [5.74, 6) is 0.924. The van der Waals surface area contributed by atoms with E-state index in [-0.39, 0.29) is 0 Å². The van der Waals surface area contributed by atoms with Crippen molar-refractivity contribution in [2.75, 3.05) is 25.0 Å². The summed E-state index contributed by atoms with van der Waals surface area (Å²) in [6, 6.07) is 0. The molecule has 1 aliphatic rings. The van der Waals surface area contributed by atoms with Gasteiger partial charge in [0.15, 0.2) is 5.13 Å². The van der Waals surface area contributed by atoms with Crippen molar-refractivity contribution in [2.45, 2.75) is 46.1 Å². The fourth-order valence-electron chi connectivity index (χ4n) is 2.64. The zero-order chi connectivity index (χ0) is 13.0. The first-order valence-corrected chi connectivity index (χ1v) is 7.92. The van der Waals surface area contributed by atoms with Crippen molar-refractivity contribution in [3.63, 3.8) is 0 Å². The third kappa shape index (κ3) is 3.23. The Balaban J connectivity index is 2.04. The number of hydrogen-bond acceptors (Lipinski definition) is 4. The number of hydrogen-bond donors (Lipinski definition) is 1. The molecule has 1 atom stereocenters. The molecule has 2 heterocycles. The molecule has 0 aromatic carbocycles. The number of aryl methyl sites for hydroxylation is 1. The highest BCUT2D eigenvalue weighted by atomic mass is 32.1. The molecule has 4 heteroatoms. The normalized spacial score (nSPS) is 21.1. The maximum atomic E-state index is 4.75. The second-order valence-electron chi connectivity index (χ2n) is 5.23. The standard InChI is InChI=1S/C14H25N3S/c1-4-12-6-5-8-17(9-7-12)14-16-11(2)13(18-14)10-15-3/h12,15H,4-10H2,1-3H3. The minimum atomic E-state index is 0.924. The van der Waals surface area contributed by atoms with Gasteiger partial charge in [-0.2, -0.15) is 0 Å². The van der Waals surface area contributed by atoms with Crippen LogP contribution < -0.4 is 10.2 Å². The Bertz CT molecular complexity index is 375. The largest absolute Gasteiger partial charge is 0.348 e. The van der Waals surface area contributed by atoms with Crippen LogP contribution in [0.4, 0.5) is 5.13 Å². The maximum Gasteiger partial charge on any atom is 0.185 e. The van der Waals surface area contributed by atoms with Gasteiger partial charge in [-0.25, -0.2) is 4.98 Å². The van der Waals surface area contributed by atoms with Crippen molar-refractivity contribution in [3.05, 3.63) is 10.6 Å². The first-order chi connectivity index (χ1) is 8.74. The lowest BCUT2D eigenvalue weighted by atomic mass is 9.98. The van der Waals surface area contributed by atoms with Gasteiger partial charge in [0.1, 0.15) is 0 Å². The third-order valence-corrected chi connectivity index (χ3v) is 5.13. The Labute approximate surface area is 115 Å². The monoisotopic (exact) mass is 267 g/mol. The van der Waals surface area contributed by atoms with Crippen LogP contribution in [-0.4, -0.2) is 25.1 Å². The number of nitrogens with zero attached hydrogens (tertiary/aromatic N) is 2. The van der Waals surface area contributed by atoms with Crippen LogP contribution in [0.5, 0.6) is 0 Å². The molecule has 1 fully saturated rings. The molecule has 102 valence electrons. The van der Waals surface area contributed by atoms with Gasteiger partial charge in [-0.1, -0.05) is 13.3 Å². The molecule has 0 radical (unpaired) electrons. The Morgan fingerprint density at radius 1 is 1.39 bits per heavy atom. The molecular formula is C14H25N3S. The van der Waals surface area contributed by atoms with E-state index >= 15 is 0 Å². The molecule has 1 saturated heterocycles. The summed E-state index contributed by atoms with van der Waals surface area (Å²) in [4.78, 5) is 8.62. The van der Waals surface area contributed by atoms with E-state index in [0.29, 0.717) is 0 Å². The zero-order valence-corrected chi connectivity index (χ0v) is 12.6. The fourth-order valence-corrected chi connectivity index (χ4v) is 3.76. The van der Waals surface area contributed by atoms with E-state index in [4.69, 9.17) is 4.98 Å². The van der Waals surface area contributed by atoms with Gasteiger partial charge in [-0.05, 0) is 39.2 Å². The molecule has 1 aliphatic heterocycles. The first kappa shape index (κ1) is 13.8. The Hall–Kier alpha value is -0.610. The molecule has 2 rings (SSSR count). The Morgan fingerprint density at radius 3 is 2.94 bits per heavy atom. The van der Waals surface area contributed by atoms with E-state index in [0.717, 1.165) is 12.5 Å². The third-order valence-electron chi connectivity index (χ3n) is 3.91. The predicted molar refractivity (Wildman–Crippen MR) is 79.5 cm³/mol. The molecule has 0 bridgehead atoms. The van der Waals surface area contributed by atoms with Crippen molar-refractivity contribution in [1.82, 2.24) is 10.3 Å². The quantitative estimate of drug-likeness (QED) is 0.908.